The molecule has 2 atom stereocenters. The van der Waals surface area contributed by atoms with E-state index in [1.54, 1.807) is 0 Å². The zero-order valence-corrected chi connectivity index (χ0v) is 40.6. The van der Waals surface area contributed by atoms with Gasteiger partial charge in [-0.25, -0.2) is 0 Å². The predicted octanol–water partition coefficient (Wildman–Crippen LogP) is 13.8. The third-order valence-electron chi connectivity index (χ3n) is 10.6. The quantitative estimate of drug-likeness (QED) is 0.0196. The molecule has 10 heteroatoms. The molecule has 0 aromatic heterocycles. The number of carbonyl (C=O) groups is 2. The summed E-state index contributed by atoms with van der Waals surface area (Å²) in [5, 5.41) is 0. The number of allylic oxidation sites excluding steroid dienone is 6. The van der Waals surface area contributed by atoms with Gasteiger partial charge in [0.25, 0.3) is 7.82 Å². The van der Waals surface area contributed by atoms with Crippen molar-refractivity contribution in [1.29, 1.82) is 0 Å². The van der Waals surface area contributed by atoms with Crippen molar-refractivity contribution in [3.05, 3.63) is 36.5 Å². The van der Waals surface area contributed by atoms with Crippen LogP contribution in [0.2, 0.25) is 0 Å². The Hall–Kier alpha value is -1.77. The van der Waals surface area contributed by atoms with Crippen molar-refractivity contribution in [3.8, 4) is 0 Å². The largest absolute Gasteiger partial charge is 0.756 e. The summed E-state index contributed by atoms with van der Waals surface area (Å²) in [6.07, 6.45) is 48.8. The van der Waals surface area contributed by atoms with Crippen LogP contribution in [0.5, 0.6) is 0 Å². The number of likely N-dealkylation sites (N-methyl/N-ethyl adjacent to an activating group) is 1. The highest BCUT2D eigenvalue weighted by Crippen LogP contribution is 2.38. The minimum absolute atomic E-state index is 0.0335. The molecule has 0 aliphatic rings. The van der Waals surface area contributed by atoms with Crippen molar-refractivity contribution in [2.75, 3.05) is 47.5 Å². The van der Waals surface area contributed by atoms with Crippen LogP contribution >= 0.6 is 7.82 Å². The van der Waals surface area contributed by atoms with Crippen LogP contribution in [0.25, 0.3) is 0 Å². The average Bonchev–Trinajstić information content (AvgIpc) is 3.20. The Morgan fingerprint density at radius 1 is 0.517 bits per heavy atom. The number of ether oxygens (including phenoxy) is 2. The minimum atomic E-state index is -4.63. The molecule has 0 aliphatic heterocycles. The molecule has 0 rings (SSSR count). The molecule has 0 saturated heterocycles. The number of unbranched alkanes of at least 4 members (excludes halogenated alkanes) is 25. The molecule has 0 spiro atoms. The van der Waals surface area contributed by atoms with E-state index in [0.717, 1.165) is 57.8 Å². The van der Waals surface area contributed by atoms with E-state index in [1.807, 2.05) is 21.1 Å². The molecule has 0 aromatic carbocycles. The van der Waals surface area contributed by atoms with Gasteiger partial charge in [-0.05, 0) is 70.6 Å². The SMILES string of the molecule is CCCCC/C=C\C/C=C\CCCCCCCC(=O)O[C@H](COC(=O)CCCCCCCCCCCCC/C=C\CCCCCCCC)COP(=O)([O-])OCC[N+](C)(C)C. The van der Waals surface area contributed by atoms with Gasteiger partial charge in [-0.15, -0.1) is 0 Å². The smallest absolute Gasteiger partial charge is 0.306 e. The summed E-state index contributed by atoms with van der Waals surface area (Å²) >= 11 is 0. The number of hydrogen-bond donors (Lipinski definition) is 0. The highest BCUT2D eigenvalue weighted by molar-refractivity contribution is 7.45. The van der Waals surface area contributed by atoms with Crippen LogP contribution in [0.15, 0.2) is 36.5 Å². The van der Waals surface area contributed by atoms with Crippen molar-refractivity contribution in [1.82, 2.24) is 0 Å². The van der Waals surface area contributed by atoms with E-state index in [4.69, 9.17) is 18.5 Å². The lowest BCUT2D eigenvalue weighted by Gasteiger charge is -2.28. The second kappa shape index (κ2) is 42.5. The first kappa shape index (κ1) is 58.2. The highest BCUT2D eigenvalue weighted by Gasteiger charge is 2.21. The molecular weight excluding hydrogens is 774 g/mol. The van der Waals surface area contributed by atoms with Crippen molar-refractivity contribution in [2.45, 2.75) is 225 Å². The molecular formula is C50H94NO8P. The third-order valence-corrected chi connectivity index (χ3v) is 11.6. The normalized spacial score (nSPS) is 13.8. The second-order valence-corrected chi connectivity index (χ2v) is 19.2. The van der Waals surface area contributed by atoms with E-state index < -0.39 is 26.5 Å². The van der Waals surface area contributed by atoms with Gasteiger partial charge in [0, 0.05) is 12.8 Å². The van der Waals surface area contributed by atoms with E-state index in [-0.39, 0.29) is 32.0 Å². The summed E-state index contributed by atoms with van der Waals surface area (Å²) < 4.78 is 34.0. The van der Waals surface area contributed by atoms with Crippen molar-refractivity contribution < 1.29 is 42.1 Å². The lowest BCUT2D eigenvalue weighted by Crippen LogP contribution is -2.37. The summed E-state index contributed by atoms with van der Waals surface area (Å²) in [7, 11) is 1.16. The zero-order chi connectivity index (χ0) is 44.3. The van der Waals surface area contributed by atoms with E-state index in [2.05, 4.69) is 50.3 Å². The molecule has 0 amide bonds. The molecule has 0 saturated carbocycles. The first-order valence-corrected chi connectivity index (χ1v) is 26.2. The topological polar surface area (TPSA) is 111 Å². The molecule has 9 nitrogen and oxygen atoms in total. The Labute approximate surface area is 370 Å². The molecule has 0 heterocycles. The zero-order valence-electron chi connectivity index (χ0n) is 39.7. The molecule has 0 fully saturated rings. The second-order valence-electron chi connectivity index (χ2n) is 17.8. The van der Waals surface area contributed by atoms with Crippen LogP contribution in [0.3, 0.4) is 0 Å². The Balaban J connectivity index is 4.25. The van der Waals surface area contributed by atoms with Crippen LogP contribution in [0, 0.1) is 0 Å². The summed E-state index contributed by atoms with van der Waals surface area (Å²) in [5.74, 6) is -0.846. The molecule has 1 unspecified atom stereocenters. The Morgan fingerprint density at radius 3 is 1.37 bits per heavy atom. The molecule has 0 bridgehead atoms. The van der Waals surface area contributed by atoms with Gasteiger partial charge in [0.05, 0.1) is 27.7 Å². The fourth-order valence-electron chi connectivity index (χ4n) is 6.74. The lowest BCUT2D eigenvalue weighted by molar-refractivity contribution is -0.870. The standard InChI is InChI=1S/C50H94NO8P/c1-6-8-10-12-14-16-18-20-22-23-24-25-26-27-29-30-32-34-36-38-40-42-49(52)56-46-48(47-58-60(54,55)57-45-44-51(3,4)5)59-50(53)43-41-39-37-35-33-31-28-21-19-17-15-13-11-9-7-2/h15,17,20-22,28,48H,6-14,16,18-19,23-27,29-47H2,1-5H3/b17-15-,22-20-,28-21-/t48-/m1/s1. The van der Waals surface area contributed by atoms with E-state index >= 15 is 0 Å². The maximum absolute atomic E-state index is 12.7. The minimum Gasteiger partial charge on any atom is -0.756 e. The highest BCUT2D eigenvalue weighted by atomic mass is 31.2. The van der Waals surface area contributed by atoms with Crippen molar-refractivity contribution in [3.63, 3.8) is 0 Å². The Morgan fingerprint density at radius 2 is 0.900 bits per heavy atom. The van der Waals surface area contributed by atoms with Gasteiger partial charge in [-0.1, -0.05) is 172 Å². The van der Waals surface area contributed by atoms with E-state index in [0.29, 0.717) is 17.4 Å². The lowest BCUT2D eigenvalue weighted by atomic mass is 10.0. The number of carbonyl (C=O) groups excluding carboxylic acids is 2. The molecule has 0 radical (unpaired) electrons. The van der Waals surface area contributed by atoms with Crippen LogP contribution in [0.4, 0.5) is 0 Å². The van der Waals surface area contributed by atoms with Crippen LogP contribution in [0.1, 0.15) is 219 Å². The van der Waals surface area contributed by atoms with Gasteiger partial charge in [0.2, 0.25) is 0 Å². The van der Waals surface area contributed by atoms with Gasteiger partial charge >= 0.3 is 11.9 Å². The van der Waals surface area contributed by atoms with E-state index in [9.17, 15) is 19.0 Å². The maximum Gasteiger partial charge on any atom is 0.306 e. The Bertz CT molecular complexity index is 1120. The van der Waals surface area contributed by atoms with Crippen molar-refractivity contribution in [2.24, 2.45) is 0 Å². The first-order valence-electron chi connectivity index (χ1n) is 24.7. The maximum atomic E-state index is 12.7. The number of phosphoric acid groups is 1. The van der Waals surface area contributed by atoms with Crippen LogP contribution in [-0.4, -0.2) is 70.0 Å². The fourth-order valence-corrected chi connectivity index (χ4v) is 7.47. The molecule has 352 valence electrons. The van der Waals surface area contributed by atoms with E-state index in [1.165, 1.54) is 128 Å². The van der Waals surface area contributed by atoms with Gasteiger partial charge < -0.3 is 27.9 Å². The predicted molar refractivity (Wildman–Crippen MR) is 250 cm³/mol. The molecule has 0 N–H and O–H groups in total. The molecule has 0 aromatic rings. The first-order chi connectivity index (χ1) is 29.0. The van der Waals surface area contributed by atoms with Gasteiger partial charge in [-0.3, -0.25) is 14.2 Å². The monoisotopic (exact) mass is 868 g/mol. The van der Waals surface area contributed by atoms with Crippen LogP contribution < -0.4 is 4.89 Å². The fraction of sp³-hybridized carbons (Fsp3) is 0.840. The molecule has 60 heavy (non-hydrogen) atoms. The summed E-state index contributed by atoms with van der Waals surface area (Å²) in [4.78, 5) is 37.6. The number of hydrogen-bond acceptors (Lipinski definition) is 8. The average molecular weight is 868 g/mol. The van der Waals surface area contributed by atoms with Crippen LogP contribution in [-0.2, 0) is 32.7 Å². The number of nitrogens with zero attached hydrogens (tertiary/aromatic N) is 1. The summed E-state index contributed by atoms with van der Waals surface area (Å²) in [6.45, 7) is 4.20. The van der Waals surface area contributed by atoms with Crippen molar-refractivity contribution >= 4 is 19.8 Å². The number of quaternary nitrogens is 1. The van der Waals surface area contributed by atoms with Gasteiger partial charge in [0.1, 0.15) is 19.8 Å². The Kier molecular flexibility index (Phi) is 41.3. The number of rotatable bonds is 45. The van der Waals surface area contributed by atoms with Gasteiger partial charge in [-0.2, -0.15) is 0 Å². The molecule has 0 aliphatic carbocycles. The summed E-state index contributed by atoms with van der Waals surface area (Å²) in [6, 6.07) is 0. The van der Waals surface area contributed by atoms with Gasteiger partial charge in [0.15, 0.2) is 6.10 Å². The number of esters is 2. The number of phosphoric ester groups is 1. The third kappa shape index (κ3) is 45.7. The summed E-state index contributed by atoms with van der Waals surface area (Å²) in [5.41, 5.74) is 0.